The number of phenolic OH excluding ortho intramolecular Hbond substituents is 2. The lowest BCUT2D eigenvalue weighted by Crippen LogP contribution is -2.61. The molecule has 22 atom stereocenters. The topological polar surface area (TPSA) is 447 Å². The normalized spacial score (nSPS) is 35.4. The average Bonchev–Trinajstić information content (AvgIpc) is 1.38. The maximum Gasteiger partial charge on any atom is 0.229 e. The minimum absolute atomic E-state index is 0.0000931. The number of ketones is 2. The third-order valence-corrected chi connectivity index (χ3v) is 15.8. The predicted molar refractivity (Wildman–Crippen MR) is 291 cm³/mol. The van der Waals surface area contributed by atoms with Gasteiger partial charge in [0, 0.05) is 24.3 Å². The summed E-state index contributed by atoms with van der Waals surface area (Å²) in [7, 11) is 5.73. The number of aromatic hydroxyl groups is 2. The minimum Gasteiger partial charge on any atom is -0.507 e. The van der Waals surface area contributed by atoms with E-state index in [1.165, 1.54) is 66.6 Å². The van der Waals surface area contributed by atoms with Crippen LogP contribution in [0, 0.1) is 0 Å². The van der Waals surface area contributed by atoms with Gasteiger partial charge >= 0.3 is 0 Å². The van der Waals surface area contributed by atoms with E-state index in [-0.39, 0.29) is 75.8 Å². The standard InChI is InChI=1S/2C29H36O15/c1-11-22(32)24(34)26(36)28(41-11)40-10-20-23(33)25(35)27(37)29(44-20)42-13-7-14(30)21-15(31)9-17(43-19(21)8-13)12-4-5-16(38-2)18(6-12)39-3;1-11-22(32)24(34)26(36)28(41-11)40-10-20-23(33)25(35)27(37)29(44-20)42-13-7-18(39-3)21-15(31)9-17(43-19(21)8-13)12-4-5-16(38-2)14(30)6-12/h2*4-8,11,17,20,22-30,32-37H,9-10H2,1-3H3/t2*11-,17-,20+,22-,23+,24+,25-,26+,27+,28+,29+/m00/s1. The lowest BCUT2D eigenvalue weighted by molar-refractivity contribution is -0.318. The van der Waals surface area contributed by atoms with Gasteiger partial charge in [-0.2, -0.15) is 0 Å². The highest BCUT2D eigenvalue weighted by Crippen LogP contribution is 2.46. The number of aliphatic hydroxyl groups excluding tert-OH is 12. The number of methoxy groups -OCH3 is 4. The fourth-order valence-corrected chi connectivity index (χ4v) is 10.7. The van der Waals surface area contributed by atoms with Crippen molar-refractivity contribution in [2.24, 2.45) is 0 Å². The summed E-state index contributed by atoms with van der Waals surface area (Å²) in [6.07, 6.45) is -31.2. The largest absolute Gasteiger partial charge is 0.507 e. The quantitative estimate of drug-likeness (QED) is 0.0594. The van der Waals surface area contributed by atoms with Crippen LogP contribution in [-0.4, -0.2) is 248 Å². The van der Waals surface area contributed by atoms with Gasteiger partial charge in [-0.25, -0.2) is 0 Å². The van der Waals surface area contributed by atoms with Crippen LogP contribution in [0.3, 0.4) is 0 Å². The van der Waals surface area contributed by atoms with Gasteiger partial charge in [-0.3, -0.25) is 9.59 Å². The number of ether oxygens (including phenoxy) is 14. The van der Waals surface area contributed by atoms with Crippen molar-refractivity contribution >= 4 is 11.6 Å². The number of Topliss-reactive ketones (excluding diaryl/α,β-unsaturated/α-hetero) is 2. The van der Waals surface area contributed by atoms with E-state index >= 15 is 0 Å². The SMILES string of the molecule is COc1ccc([C@@H]2CC(=O)c3c(O)cc(O[C@@H]4O[C@H](CO[C@@H]5O[C@@H](C)[C@H](O)[C@@H](O)[C@H]5O)[C@@H](O)[C@H](O)[C@H]4O)cc3O2)cc1OC.COc1ccc([C@@H]2CC(=O)c3c(OC)cc(O[C@@H]4O[C@H](CO[C@@H]5O[C@@H](C)[C@H](O)[C@@H](O)[C@H]5O)[C@@H](O)[C@H](O)[C@H]4O)cc3O2)cc1O. The van der Waals surface area contributed by atoms with E-state index < -0.39 is 154 Å². The Labute approximate surface area is 501 Å². The van der Waals surface area contributed by atoms with E-state index in [1.807, 2.05) is 0 Å². The van der Waals surface area contributed by atoms with Crippen LogP contribution in [0.25, 0.3) is 0 Å². The summed E-state index contributed by atoms with van der Waals surface area (Å²) >= 11 is 0. The molecule has 4 saturated heterocycles. The Kier molecular flexibility index (Phi) is 20.8. The van der Waals surface area contributed by atoms with E-state index in [4.69, 9.17) is 66.3 Å². The summed E-state index contributed by atoms with van der Waals surface area (Å²) in [6.45, 7) is 1.98. The summed E-state index contributed by atoms with van der Waals surface area (Å²) in [5, 5.41) is 144. The van der Waals surface area contributed by atoms with Crippen molar-refractivity contribution in [2.75, 3.05) is 41.7 Å². The van der Waals surface area contributed by atoms with Crippen LogP contribution in [0.2, 0.25) is 0 Å². The second-order valence-electron chi connectivity index (χ2n) is 21.6. The molecular weight excluding hydrogens is 1180 g/mol. The molecule has 6 aliphatic heterocycles. The summed E-state index contributed by atoms with van der Waals surface area (Å²) in [5.41, 5.74) is 1.23. The zero-order valence-electron chi connectivity index (χ0n) is 48.1. The fourth-order valence-electron chi connectivity index (χ4n) is 10.7. The molecule has 14 N–H and O–H groups in total. The molecule has 0 radical (unpaired) electrons. The fraction of sp³-hybridized carbons (Fsp3) is 0.552. The van der Waals surface area contributed by atoms with Gasteiger partial charge < -0.3 is 138 Å². The minimum atomic E-state index is -1.76. The molecule has 6 aliphatic rings. The number of hydrogen-bond acceptors (Lipinski definition) is 30. The van der Waals surface area contributed by atoms with Gasteiger partial charge in [-0.1, -0.05) is 12.1 Å². The molecule has 0 aromatic heterocycles. The first-order chi connectivity index (χ1) is 41.9. The second-order valence-corrected chi connectivity index (χ2v) is 21.6. The smallest absolute Gasteiger partial charge is 0.229 e. The Hall–Kier alpha value is -6.50. The first-order valence-corrected chi connectivity index (χ1v) is 27.8. The molecule has 0 bridgehead atoms. The summed E-state index contributed by atoms with van der Waals surface area (Å²) in [6, 6.07) is 14.9. The molecule has 4 fully saturated rings. The number of aliphatic hydroxyl groups is 12. The highest BCUT2D eigenvalue weighted by Gasteiger charge is 2.50. The highest BCUT2D eigenvalue weighted by atomic mass is 16.7. The van der Waals surface area contributed by atoms with Crippen molar-refractivity contribution < 1.29 is 147 Å². The van der Waals surface area contributed by atoms with Crippen LogP contribution in [0.4, 0.5) is 0 Å². The van der Waals surface area contributed by atoms with E-state index in [1.54, 1.807) is 30.3 Å². The van der Waals surface area contributed by atoms with Crippen LogP contribution in [0.5, 0.6) is 57.5 Å². The van der Waals surface area contributed by atoms with Crippen LogP contribution < -0.4 is 37.9 Å². The number of benzene rings is 4. The Morgan fingerprint density at radius 2 is 0.818 bits per heavy atom. The number of phenols is 2. The molecule has 0 aliphatic carbocycles. The number of carbonyl (C=O) groups excluding carboxylic acids is 2. The number of carbonyl (C=O) groups is 2. The number of fused-ring (bicyclic) bond motifs is 2. The lowest BCUT2D eigenvalue weighted by Gasteiger charge is -2.42. The third-order valence-electron chi connectivity index (χ3n) is 15.8. The van der Waals surface area contributed by atoms with Crippen molar-refractivity contribution in [1.29, 1.82) is 0 Å². The van der Waals surface area contributed by atoms with Gasteiger partial charge in [-0.15, -0.1) is 0 Å². The lowest BCUT2D eigenvalue weighted by atomic mass is 9.95. The van der Waals surface area contributed by atoms with Crippen molar-refractivity contribution in [3.05, 3.63) is 82.9 Å². The molecule has 4 aromatic carbocycles. The average molecular weight is 1250 g/mol. The Bertz CT molecular complexity index is 3070. The van der Waals surface area contributed by atoms with E-state index in [0.717, 1.165) is 6.07 Å². The van der Waals surface area contributed by atoms with Crippen LogP contribution in [0.15, 0.2) is 60.7 Å². The van der Waals surface area contributed by atoms with Crippen molar-refractivity contribution in [1.82, 2.24) is 0 Å². The maximum atomic E-state index is 13.1. The summed E-state index contributed by atoms with van der Waals surface area (Å²) in [4.78, 5) is 26.1. The molecule has 0 saturated carbocycles. The molecule has 30 heteroatoms. The van der Waals surface area contributed by atoms with Crippen molar-refractivity contribution in [3.8, 4) is 57.5 Å². The van der Waals surface area contributed by atoms with Gasteiger partial charge in [0.05, 0.1) is 66.7 Å². The van der Waals surface area contributed by atoms with Gasteiger partial charge in [0.15, 0.2) is 47.1 Å². The molecule has 10 rings (SSSR count). The second kappa shape index (κ2) is 27.7. The first-order valence-electron chi connectivity index (χ1n) is 27.8. The number of hydrogen-bond donors (Lipinski definition) is 14. The summed E-state index contributed by atoms with van der Waals surface area (Å²) in [5.74, 6) is 0.0610. The maximum absolute atomic E-state index is 13.1. The van der Waals surface area contributed by atoms with Gasteiger partial charge in [0.1, 0.15) is 143 Å². The Morgan fingerprint density at radius 3 is 1.28 bits per heavy atom. The monoisotopic (exact) mass is 1250 g/mol. The highest BCUT2D eigenvalue weighted by molar-refractivity contribution is 6.03. The van der Waals surface area contributed by atoms with E-state index in [0.29, 0.717) is 22.6 Å². The summed E-state index contributed by atoms with van der Waals surface area (Å²) < 4.78 is 77.9. The third kappa shape index (κ3) is 13.6. The van der Waals surface area contributed by atoms with Gasteiger partial charge in [0.25, 0.3) is 0 Å². The van der Waals surface area contributed by atoms with E-state index in [9.17, 15) is 81.1 Å². The first kappa shape index (κ1) is 65.9. The molecule has 30 nitrogen and oxygen atoms in total. The molecule has 88 heavy (non-hydrogen) atoms. The molecule has 0 spiro atoms. The van der Waals surface area contributed by atoms with Gasteiger partial charge in [0.2, 0.25) is 12.6 Å². The van der Waals surface area contributed by atoms with Crippen molar-refractivity contribution in [3.63, 3.8) is 0 Å². The number of rotatable bonds is 16. The molecular formula is C58H72O30. The van der Waals surface area contributed by atoms with Crippen molar-refractivity contribution in [2.45, 2.75) is 162 Å². The van der Waals surface area contributed by atoms with Gasteiger partial charge in [-0.05, 0) is 49.2 Å². The zero-order chi connectivity index (χ0) is 63.7. The Morgan fingerprint density at radius 1 is 0.409 bits per heavy atom. The molecule has 0 unspecified atom stereocenters. The molecule has 6 heterocycles. The van der Waals surface area contributed by atoms with E-state index in [2.05, 4.69) is 0 Å². The molecule has 4 aromatic rings. The predicted octanol–water partition coefficient (Wildman–Crippen LogP) is -1.71. The van der Waals surface area contributed by atoms with Crippen LogP contribution in [0.1, 0.15) is 70.7 Å². The molecule has 484 valence electrons. The van der Waals surface area contributed by atoms with Crippen LogP contribution in [-0.2, 0) is 28.4 Å². The zero-order valence-corrected chi connectivity index (χ0v) is 48.1. The molecule has 0 amide bonds. The van der Waals surface area contributed by atoms with Crippen LogP contribution >= 0.6 is 0 Å². The Balaban J connectivity index is 0.000000209.